The third-order valence-corrected chi connectivity index (χ3v) is 4.73. The average Bonchev–Trinajstić information content (AvgIpc) is 3.36. The number of rotatable bonds is 5. The molecule has 0 atom stereocenters. The molecule has 0 unspecified atom stereocenters. The van der Waals surface area contributed by atoms with Crippen molar-refractivity contribution in [2.75, 3.05) is 5.32 Å². The van der Waals surface area contributed by atoms with Gasteiger partial charge in [-0.3, -0.25) is 4.79 Å². The molecular weight excluding hydrogens is 348 g/mol. The molecule has 5 heteroatoms. The first-order valence-corrected chi connectivity index (χ1v) is 9.36. The van der Waals surface area contributed by atoms with E-state index < -0.39 is 0 Å². The Bertz CT molecular complexity index is 1080. The first kappa shape index (κ1) is 17.8. The number of carbonyl (C=O) groups is 1. The van der Waals surface area contributed by atoms with Crippen LogP contribution >= 0.6 is 0 Å². The van der Waals surface area contributed by atoms with Crippen LogP contribution in [0.3, 0.4) is 0 Å². The molecule has 0 saturated carbocycles. The van der Waals surface area contributed by atoms with Gasteiger partial charge in [0.05, 0.1) is 11.4 Å². The molecule has 2 aromatic carbocycles. The van der Waals surface area contributed by atoms with Gasteiger partial charge in [-0.2, -0.15) is 5.10 Å². The van der Waals surface area contributed by atoms with E-state index in [-0.39, 0.29) is 5.91 Å². The highest BCUT2D eigenvalue weighted by Crippen LogP contribution is 2.24. The van der Waals surface area contributed by atoms with Gasteiger partial charge in [0.2, 0.25) is 0 Å². The van der Waals surface area contributed by atoms with Gasteiger partial charge in [-0.1, -0.05) is 37.3 Å². The first-order valence-electron chi connectivity index (χ1n) is 9.36. The van der Waals surface area contributed by atoms with E-state index in [1.165, 1.54) is 5.56 Å². The summed E-state index contributed by atoms with van der Waals surface area (Å²) < 4.78 is 3.73. The van der Waals surface area contributed by atoms with Gasteiger partial charge in [-0.05, 0) is 55.3 Å². The smallest absolute Gasteiger partial charge is 0.261 e. The summed E-state index contributed by atoms with van der Waals surface area (Å²) >= 11 is 0. The lowest BCUT2D eigenvalue weighted by Crippen LogP contribution is -2.16. The van der Waals surface area contributed by atoms with Crippen molar-refractivity contribution in [3.05, 3.63) is 95.9 Å². The molecule has 0 bridgehead atoms. The normalized spacial score (nSPS) is 10.8. The van der Waals surface area contributed by atoms with Crippen molar-refractivity contribution in [2.45, 2.75) is 20.3 Å². The van der Waals surface area contributed by atoms with Crippen molar-refractivity contribution < 1.29 is 4.79 Å². The second-order valence-corrected chi connectivity index (χ2v) is 6.63. The Balaban J connectivity index is 1.77. The number of anilines is 1. The number of aryl methyl sites for hydroxylation is 2. The van der Waals surface area contributed by atoms with Gasteiger partial charge in [0, 0.05) is 18.1 Å². The Morgan fingerprint density at radius 3 is 2.29 bits per heavy atom. The number of carbonyl (C=O) groups excluding carboxylic acids is 1. The van der Waals surface area contributed by atoms with E-state index in [1.54, 1.807) is 0 Å². The summed E-state index contributed by atoms with van der Waals surface area (Å²) in [5.41, 5.74) is 4.14. The minimum Gasteiger partial charge on any atom is -0.322 e. The SMILES string of the molecule is CCc1ccc(NC(=O)c2c(C)nn(-c3ccccc3)c2-n2cccc2)cc1. The third kappa shape index (κ3) is 3.34. The summed E-state index contributed by atoms with van der Waals surface area (Å²) in [6.45, 7) is 3.97. The fraction of sp³-hybridized carbons (Fsp3) is 0.130. The highest BCUT2D eigenvalue weighted by atomic mass is 16.1. The van der Waals surface area contributed by atoms with Crippen LogP contribution in [0.1, 0.15) is 28.5 Å². The minimum atomic E-state index is -0.173. The van der Waals surface area contributed by atoms with Crippen LogP contribution in [0.2, 0.25) is 0 Å². The number of benzene rings is 2. The monoisotopic (exact) mass is 370 g/mol. The maximum Gasteiger partial charge on any atom is 0.261 e. The largest absolute Gasteiger partial charge is 0.322 e. The van der Waals surface area contributed by atoms with E-state index in [9.17, 15) is 4.79 Å². The van der Waals surface area contributed by atoms with Gasteiger partial charge in [-0.15, -0.1) is 0 Å². The number of hydrogen-bond acceptors (Lipinski definition) is 2. The average molecular weight is 370 g/mol. The first-order chi connectivity index (χ1) is 13.7. The zero-order valence-electron chi connectivity index (χ0n) is 16.0. The maximum absolute atomic E-state index is 13.2. The molecule has 0 aliphatic heterocycles. The summed E-state index contributed by atoms with van der Waals surface area (Å²) in [4.78, 5) is 13.2. The van der Waals surface area contributed by atoms with Crippen LogP contribution in [-0.4, -0.2) is 20.3 Å². The van der Waals surface area contributed by atoms with Gasteiger partial charge >= 0.3 is 0 Å². The second kappa shape index (κ2) is 7.56. The number of hydrogen-bond donors (Lipinski definition) is 1. The Kier molecular flexibility index (Phi) is 4.81. The highest BCUT2D eigenvalue weighted by Gasteiger charge is 2.23. The molecule has 1 N–H and O–H groups in total. The lowest BCUT2D eigenvalue weighted by Gasteiger charge is -2.11. The van der Waals surface area contributed by atoms with E-state index >= 15 is 0 Å². The Labute approximate surface area is 164 Å². The van der Waals surface area contributed by atoms with Crippen LogP contribution in [0, 0.1) is 6.92 Å². The molecule has 5 nitrogen and oxygen atoms in total. The van der Waals surface area contributed by atoms with Crippen molar-refractivity contribution in [1.82, 2.24) is 14.3 Å². The zero-order valence-corrected chi connectivity index (χ0v) is 16.0. The molecule has 140 valence electrons. The zero-order chi connectivity index (χ0) is 19.5. The lowest BCUT2D eigenvalue weighted by atomic mass is 10.1. The van der Waals surface area contributed by atoms with Gasteiger partial charge in [-0.25, -0.2) is 4.68 Å². The van der Waals surface area contributed by atoms with Crippen molar-refractivity contribution in [2.24, 2.45) is 0 Å². The molecule has 0 saturated heterocycles. The molecule has 2 heterocycles. The van der Waals surface area contributed by atoms with Gasteiger partial charge in [0.15, 0.2) is 5.82 Å². The third-order valence-electron chi connectivity index (χ3n) is 4.73. The van der Waals surface area contributed by atoms with Crippen LogP contribution in [0.4, 0.5) is 5.69 Å². The molecular formula is C23H22N4O. The molecule has 0 fully saturated rings. The molecule has 0 aliphatic carbocycles. The van der Waals surface area contributed by atoms with E-state index in [0.29, 0.717) is 11.3 Å². The standard InChI is InChI=1S/C23H22N4O/c1-3-18-11-13-19(14-12-18)24-22(28)21-17(2)25-27(20-9-5-4-6-10-20)23(21)26-15-7-8-16-26/h4-16H,3H2,1-2H3,(H,24,28). The molecule has 1 amide bonds. The Morgan fingerprint density at radius 1 is 0.964 bits per heavy atom. The molecule has 0 aliphatic rings. The Morgan fingerprint density at radius 2 is 1.64 bits per heavy atom. The van der Waals surface area contributed by atoms with Crippen LogP contribution < -0.4 is 5.32 Å². The van der Waals surface area contributed by atoms with Crippen molar-refractivity contribution in [3.63, 3.8) is 0 Å². The predicted octanol–water partition coefficient (Wildman–Crippen LogP) is 4.79. The summed E-state index contributed by atoms with van der Waals surface area (Å²) in [5.74, 6) is 0.545. The number of aromatic nitrogens is 3. The Hall–Kier alpha value is -3.60. The lowest BCUT2D eigenvalue weighted by molar-refractivity contribution is 0.102. The fourth-order valence-electron chi connectivity index (χ4n) is 3.26. The van der Waals surface area contributed by atoms with Crippen LogP contribution in [0.5, 0.6) is 0 Å². The topological polar surface area (TPSA) is 51.9 Å². The second-order valence-electron chi connectivity index (χ2n) is 6.63. The van der Waals surface area contributed by atoms with Gasteiger partial charge in [0.1, 0.15) is 5.56 Å². The van der Waals surface area contributed by atoms with Crippen LogP contribution in [0.15, 0.2) is 79.1 Å². The minimum absolute atomic E-state index is 0.173. The van der Waals surface area contributed by atoms with Crippen molar-refractivity contribution >= 4 is 11.6 Å². The van der Waals surface area contributed by atoms with Crippen molar-refractivity contribution in [3.8, 4) is 11.5 Å². The molecule has 4 rings (SSSR count). The maximum atomic E-state index is 13.2. The van der Waals surface area contributed by atoms with E-state index in [2.05, 4.69) is 17.3 Å². The predicted molar refractivity (Wildman–Crippen MR) is 111 cm³/mol. The molecule has 4 aromatic rings. The number of amides is 1. The van der Waals surface area contributed by atoms with E-state index in [1.807, 2.05) is 95.3 Å². The summed E-state index contributed by atoms with van der Waals surface area (Å²) in [7, 11) is 0. The van der Waals surface area contributed by atoms with Crippen molar-refractivity contribution in [1.29, 1.82) is 0 Å². The molecule has 28 heavy (non-hydrogen) atoms. The van der Waals surface area contributed by atoms with Crippen LogP contribution in [-0.2, 0) is 6.42 Å². The van der Waals surface area contributed by atoms with Gasteiger partial charge < -0.3 is 9.88 Å². The number of nitrogens with one attached hydrogen (secondary N) is 1. The fourth-order valence-corrected chi connectivity index (χ4v) is 3.26. The summed E-state index contributed by atoms with van der Waals surface area (Å²) in [6, 6.07) is 21.6. The van der Waals surface area contributed by atoms with Crippen LogP contribution in [0.25, 0.3) is 11.5 Å². The number of nitrogens with zero attached hydrogens (tertiary/aromatic N) is 3. The van der Waals surface area contributed by atoms with E-state index in [4.69, 9.17) is 0 Å². The summed E-state index contributed by atoms with van der Waals surface area (Å²) in [6.07, 6.45) is 4.81. The van der Waals surface area contributed by atoms with E-state index in [0.717, 1.165) is 23.6 Å². The quantitative estimate of drug-likeness (QED) is 0.549. The highest BCUT2D eigenvalue weighted by molar-refractivity contribution is 6.07. The van der Waals surface area contributed by atoms with Gasteiger partial charge in [0.25, 0.3) is 5.91 Å². The summed E-state index contributed by atoms with van der Waals surface area (Å²) in [5, 5.41) is 7.67. The molecule has 0 spiro atoms. The molecule has 0 radical (unpaired) electrons. The number of para-hydroxylation sites is 1. The molecule has 2 aromatic heterocycles.